The number of rotatable bonds is 4. The number of hydrogen-bond acceptors (Lipinski definition) is 5. The van der Waals surface area contributed by atoms with Crippen LogP contribution in [0.15, 0.2) is 41.8 Å². The monoisotopic (exact) mass is 472 g/mol. The largest absolute Gasteiger partial charge is 0.495 e. The molecule has 32 heavy (non-hydrogen) atoms. The van der Waals surface area contributed by atoms with Crippen LogP contribution in [0.2, 0.25) is 5.02 Å². The van der Waals surface area contributed by atoms with Crippen LogP contribution in [0.5, 0.6) is 5.75 Å². The molecule has 0 saturated heterocycles. The van der Waals surface area contributed by atoms with Crippen molar-refractivity contribution < 1.29 is 14.3 Å². The number of fused-ring (bicyclic) bond motifs is 1. The molecule has 3 aromatic rings. The Morgan fingerprint density at radius 2 is 2.03 bits per heavy atom. The Morgan fingerprint density at radius 1 is 1.28 bits per heavy atom. The van der Waals surface area contributed by atoms with Gasteiger partial charge in [-0.2, -0.15) is 5.10 Å². The van der Waals surface area contributed by atoms with Crippen molar-refractivity contribution in [2.45, 2.75) is 45.3 Å². The van der Waals surface area contributed by atoms with Crippen LogP contribution in [-0.2, 0) is 11.3 Å². The fourth-order valence-electron chi connectivity index (χ4n) is 3.82. The first-order chi connectivity index (χ1) is 15.0. The van der Waals surface area contributed by atoms with Gasteiger partial charge < -0.3 is 10.1 Å². The Kier molecular flexibility index (Phi) is 5.55. The number of anilines is 1. The zero-order valence-electron chi connectivity index (χ0n) is 18.6. The number of methoxy groups -OCH3 is 1. The van der Waals surface area contributed by atoms with E-state index in [9.17, 15) is 9.59 Å². The number of carbonyl (C=O) groups excluding carboxylic acids is 2. The molecule has 168 valence electrons. The highest BCUT2D eigenvalue weighted by atomic mass is 35.5. The van der Waals surface area contributed by atoms with Crippen LogP contribution in [-0.4, -0.2) is 39.8 Å². The zero-order valence-corrected chi connectivity index (χ0v) is 20.2. The molecule has 0 radical (unpaired) electrons. The van der Waals surface area contributed by atoms with Gasteiger partial charge in [-0.05, 0) is 63.4 Å². The average Bonchev–Trinajstić information content (AvgIpc) is 3.36. The van der Waals surface area contributed by atoms with E-state index in [0.29, 0.717) is 27.8 Å². The average molecular weight is 473 g/mol. The molecule has 2 aromatic heterocycles. The second-order valence-corrected chi connectivity index (χ2v) is 10.4. The number of aromatic nitrogens is 2. The van der Waals surface area contributed by atoms with Gasteiger partial charge >= 0.3 is 0 Å². The summed E-state index contributed by atoms with van der Waals surface area (Å²) in [7, 11) is 1.52. The first-order valence-electron chi connectivity index (χ1n) is 10.2. The van der Waals surface area contributed by atoms with Crippen LogP contribution >= 0.6 is 22.9 Å². The quantitative estimate of drug-likeness (QED) is 0.601. The summed E-state index contributed by atoms with van der Waals surface area (Å²) < 4.78 is 7.14. The van der Waals surface area contributed by atoms with E-state index in [1.807, 2.05) is 38.3 Å². The van der Waals surface area contributed by atoms with Crippen LogP contribution in [0, 0.1) is 0 Å². The topological polar surface area (TPSA) is 76.5 Å². The van der Waals surface area contributed by atoms with Crippen molar-refractivity contribution >= 4 is 40.4 Å². The number of thiophene rings is 1. The minimum atomic E-state index is -1.27. The smallest absolute Gasteiger partial charge is 0.277 e. The Morgan fingerprint density at radius 3 is 2.66 bits per heavy atom. The van der Waals surface area contributed by atoms with E-state index in [0.717, 1.165) is 4.88 Å². The van der Waals surface area contributed by atoms with Gasteiger partial charge in [-0.25, -0.2) is 0 Å². The molecule has 9 heteroatoms. The van der Waals surface area contributed by atoms with E-state index in [1.54, 1.807) is 47.2 Å². The van der Waals surface area contributed by atoms with E-state index < -0.39 is 11.1 Å². The summed E-state index contributed by atoms with van der Waals surface area (Å²) in [5.74, 6) is -0.193. The number of amides is 2. The molecule has 1 unspecified atom stereocenters. The van der Waals surface area contributed by atoms with Gasteiger partial charge in [-0.15, -0.1) is 11.3 Å². The lowest BCUT2D eigenvalue weighted by Crippen LogP contribution is -2.66. The van der Waals surface area contributed by atoms with E-state index in [-0.39, 0.29) is 18.4 Å². The van der Waals surface area contributed by atoms with Crippen LogP contribution in [0.25, 0.3) is 10.6 Å². The van der Waals surface area contributed by atoms with Crippen LogP contribution in [0.1, 0.15) is 38.2 Å². The first kappa shape index (κ1) is 22.4. The van der Waals surface area contributed by atoms with E-state index >= 15 is 0 Å². The summed E-state index contributed by atoms with van der Waals surface area (Å²) in [5, 5.41) is 10.1. The lowest BCUT2D eigenvalue weighted by Gasteiger charge is -2.44. The minimum absolute atomic E-state index is 0.178. The van der Waals surface area contributed by atoms with Crippen molar-refractivity contribution in [2.75, 3.05) is 12.0 Å². The fourth-order valence-corrected chi connectivity index (χ4v) is 4.66. The zero-order chi connectivity index (χ0) is 23.3. The molecule has 0 saturated carbocycles. The third-order valence-corrected chi connectivity index (χ3v) is 6.41. The third-order valence-electron chi connectivity index (χ3n) is 5.29. The predicted molar refractivity (Wildman–Crippen MR) is 127 cm³/mol. The van der Waals surface area contributed by atoms with Gasteiger partial charge in [-0.3, -0.25) is 19.2 Å². The number of hydrogen-bond donors (Lipinski definition) is 1. The SMILES string of the molecule is COc1ccc(Cl)cc1N1C(=O)c2cc(-c3cccs3)nn2CC1(C)C(=O)NC(C)(C)C. The lowest BCUT2D eigenvalue weighted by molar-refractivity contribution is -0.128. The van der Waals surface area contributed by atoms with Crippen molar-refractivity contribution in [2.24, 2.45) is 0 Å². The molecule has 1 N–H and O–H groups in total. The molecule has 1 aromatic carbocycles. The molecule has 2 amide bonds. The normalized spacial score (nSPS) is 18.4. The summed E-state index contributed by atoms with van der Waals surface area (Å²) in [6, 6.07) is 10.7. The van der Waals surface area contributed by atoms with Gasteiger partial charge in [0.25, 0.3) is 5.91 Å². The van der Waals surface area contributed by atoms with Gasteiger partial charge in [0.2, 0.25) is 5.91 Å². The number of halogens is 1. The van der Waals surface area contributed by atoms with Crippen molar-refractivity contribution in [3.8, 4) is 16.3 Å². The maximum atomic E-state index is 13.9. The highest BCUT2D eigenvalue weighted by Gasteiger charge is 2.50. The van der Waals surface area contributed by atoms with E-state index in [2.05, 4.69) is 10.4 Å². The summed E-state index contributed by atoms with van der Waals surface area (Å²) in [6.07, 6.45) is 0. The number of ether oxygens (including phenoxy) is 1. The fraction of sp³-hybridized carbons (Fsp3) is 0.348. The minimum Gasteiger partial charge on any atom is -0.495 e. The second kappa shape index (κ2) is 7.94. The van der Waals surface area contributed by atoms with Gasteiger partial charge in [0.05, 0.1) is 24.2 Å². The molecule has 3 heterocycles. The number of nitrogens with zero attached hydrogens (tertiary/aromatic N) is 3. The summed E-state index contributed by atoms with van der Waals surface area (Å²) >= 11 is 7.82. The Hall–Kier alpha value is -2.84. The Bertz CT molecular complexity index is 1180. The molecule has 0 spiro atoms. The molecular formula is C23H25ClN4O3S. The van der Waals surface area contributed by atoms with Gasteiger partial charge in [-0.1, -0.05) is 17.7 Å². The molecule has 4 rings (SSSR count). The maximum absolute atomic E-state index is 13.9. The predicted octanol–water partition coefficient (Wildman–Crippen LogP) is 4.61. The van der Waals surface area contributed by atoms with Crippen molar-refractivity contribution in [1.82, 2.24) is 15.1 Å². The molecule has 0 fully saturated rings. The lowest BCUT2D eigenvalue weighted by atomic mass is 9.92. The van der Waals surface area contributed by atoms with Crippen LogP contribution in [0.3, 0.4) is 0 Å². The highest BCUT2D eigenvalue weighted by Crippen LogP contribution is 2.40. The van der Waals surface area contributed by atoms with Gasteiger partial charge in [0.1, 0.15) is 22.7 Å². The van der Waals surface area contributed by atoms with Crippen LogP contribution < -0.4 is 15.0 Å². The number of benzene rings is 1. The molecule has 1 aliphatic rings. The number of carbonyl (C=O) groups is 2. The van der Waals surface area contributed by atoms with Crippen molar-refractivity contribution in [3.63, 3.8) is 0 Å². The summed E-state index contributed by atoms with van der Waals surface area (Å²) in [4.78, 5) is 29.9. The van der Waals surface area contributed by atoms with Crippen molar-refractivity contribution in [3.05, 3.63) is 52.5 Å². The summed E-state index contributed by atoms with van der Waals surface area (Å²) in [5.41, 5.74) is -0.228. The molecule has 0 bridgehead atoms. The molecule has 7 nitrogen and oxygen atoms in total. The standard InChI is InChI=1S/C23H25ClN4O3S/c1-22(2,3)25-21(30)23(4)13-27-17(12-15(26-27)19-7-6-10-32-19)20(29)28(23)16-11-14(24)8-9-18(16)31-5/h6-12H,13H2,1-5H3,(H,25,30). The third kappa shape index (κ3) is 3.89. The Balaban J connectivity index is 1.90. The molecular weight excluding hydrogens is 448 g/mol. The van der Waals surface area contributed by atoms with Crippen molar-refractivity contribution in [1.29, 1.82) is 0 Å². The van der Waals surface area contributed by atoms with Crippen LogP contribution in [0.4, 0.5) is 5.69 Å². The summed E-state index contributed by atoms with van der Waals surface area (Å²) in [6.45, 7) is 7.62. The molecule has 1 aliphatic heterocycles. The second-order valence-electron chi connectivity index (χ2n) is 8.98. The molecule has 1 atom stereocenters. The van der Waals surface area contributed by atoms with Gasteiger partial charge in [0.15, 0.2) is 0 Å². The Labute approximate surface area is 195 Å². The van der Waals surface area contributed by atoms with E-state index in [1.165, 1.54) is 12.0 Å². The van der Waals surface area contributed by atoms with Gasteiger partial charge in [0, 0.05) is 10.6 Å². The first-order valence-corrected chi connectivity index (χ1v) is 11.4. The van der Waals surface area contributed by atoms with E-state index in [4.69, 9.17) is 16.3 Å². The maximum Gasteiger partial charge on any atom is 0.277 e. The number of nitrogens with one attached hydrogen (secondary N) is 1. The highest BCUT2D eigenvalue weighted by molar-refractivity contribution is 7.13. The molecule has 0 aliphatic carbocycles.